The van der Waals surface area contributed by atoms with Gasteiger partial charge in [0.15, 0.2) is 0 Å². The minimum atomic E-state index is -0.869. The van der Waals surface area contributed by atoms with Gasteiger partial charge in [-0.05, 0) is 69.0 Å². The van der Waals surface area contributed by atoms with Crippen LogP contribution in [0.25, 0.3) is 0 Å². The molecule has 0 saturated heterocycles. The van der Waals surface area contributed by atoms with E-state index in [9.17, 15) is 15.0 Å². The normalized spacial score (nSPS) is 12.5. The maximum Gasteiger partial charge on any atom is 0.410 e. The van der Waals surface area contributed by atoms with Gasteiger partial charge in [-0.3, -0.25) is 0 Å². The van der Waals surface area contributed by atoms with E-state index in [4.69, 9.17) is 16.3 Å². The standard InChI is InChI=1S/C22H28ClNO4/c1-22(2,3)28-21(27)24(12-6-8-16-7-4-11-19(25)13-16)15-20(26)17-9-5-10-18(23)14-17/h4-5,7,9-11,13-14,20,25-26H,6,8,12,15H2,1-3H3. The molecule has 2 aromatic rings. The van der Waals surface area contributed by atoms with Gasteiger partial charge in [-0.2, -0.15) is 0 Å². The predicted molar refractivity (Wildman–Crippen MR) is 111 cm³/mol. The Hall–Kier alpha value is -2.24. The third-order valence-corrected chi connectivity index (χ3v) is 4.32. The second kappa shape index (κ2) is 9.80. The summed E-state index contributed by atoms with van der Waals surface area (Å²) in [5, 5.41) is 20.7. The topological polar surface area (TPSA) is 70.0 Å². The lowest BCUT2D eigenvalue weighted by Crippen LogP contribution is -2.40. The number of ether oxygens (including phenoxy) is 1. The number of amides is 1. The summed E-state index contributed by atoms with van der Waals surface area (Å²) in [5.74, 6) is 0.220. The van der Waals surface area contributed by atoms with E-state index in [2.05, 4.69) is 0 Å². The van der Waals surface area contributed by atoms with Gasteiger partial charge in [0, 0.05) is 11.6 Å². The third-order valence-electron chi connectivity index (χ3n) is 4.08. The Morgan fingerprint density at radius 2 is 1.89 bits per heavy atom. The van der Waals surface area contributed by atoms with E-state index in [0.717, 1.165) is 5.56 Å². The number of aliphatic hydroxyl groups is 1. The van der Waals surface area contributed by atoms with Gasteiger partial charge in [0.2, 0.25) is 0 Å². The van der Waals surface area contributed by atoms with Gasteiger partial charge in [-0.1, -0.05) is 35.9 Å². The Bertz CT molecular complexity index is 788. The summed E-state index contributed by atoms with van der Waals surface area (Å²) in [7, 11) is 0. The molecule has 0 saturated carbocycles. The van der Waals surface area contributed by atoms with E-state index in [1.807, 2.05) is 26.8 Å². The molecule has 2 aromatic carbocycles. The summed E-state index contributed by atoms with van der Waals surface area (Å²) < 4.78 is 5.49. The number of aliphatic hydroxyl groups excluding tert-OH is 1. The zero-order chi connectivity index (χ0) is 20.7. The molecule has 0 aliphatic heterocycles. The van der Waals surface area contributed by atoms with Crippen molar-refractivity contribution in [3.05, 3.63) is 64.7 Å². The molecule has 0 radical (unpaired) electrons. The molecule has 0 aliphatic rings. The lowest BCUT2D eigenvalue weighted by atomic mass is 10.1. The second-order valence-electron chi connectivity index (χ2n) is 7.77. The van der Waals surface area contributed by atoms with Crippen LogP contribution >= 0.6 is 11.6 Å². The molecule has 0 bridgehead atoms. The number of halogens is 1. The molecule has 1 atom stereocenters. The van der Waals surface area contributed by atoms with Crippen LogP contribution in [0.3, 0.4) is 0 Å². The van der Waals surface area contributed by atoms with Crippen molar-refractivity contribution in [1.82, 2.24) is 4.90 Å². The number of aryl methyl sites for hydroxylation is 1. The van der Waals surface area contributed by atoms with E-state index < -0.39 is 17.8 Å². The second-order valence-corrected chi connectivity index (χ2v) is 8.21. The number of phenolic OH excluding ortho intramolecular Hbond substituents is 1. The van der Waals surface area contributed by atoms with Crippen LogP contribution in [0, 0.1) is 0 Å². The number of hydrogen-bond donors (Lipinski definition) is 2. The molecule has 0 heterocycles. The molecule has 28 heavy (non-hydrogen) atoms. The van der Waals surface area contributed by atoms with Crippen molar-refractivity contribution in [3.63, 3.8) is 0 Å². The number of aromatic hydroxyl groups is 1. The molecule has 2 rings (SSSR count). The summed E-state index contributed by atoms with van der Waals surface area (Å²) in [6.07, 6.45) is 0.0304. The summed E-state index contributed by atoms with van der Waals surface area (Å²) in [6.45, 7) is 5.95. The molecule has 6 heteroatoms. The number of rotatable bonds is 7. The summed E-state index contributed by atoms with van der Waals surface area (Å²) in [6, 6.07) is 14.0. The monoisotopic (exact) mass is 405 g/mol. The van der Waals surface area contributed by atoms with Crippen molar-refractivity contribution in [1.29, 1.82) is 0 Å². The third kappa shape index (κ3) is 7.41. The summed E-state index contributed by atoms with van der Waals surface area (Å²) >= 11 is 6.00. The van der Waals surface area contributed by atoms with Gasteiger partial charge in [0.1, 0.15) is 11.4 Å². The van der Waals surface area contributed by atoms with E-state index in [1.165, 1.54) is 4.90 Å². The minimum Gasteiger partial charge on any atom is -0.508 e. The minimum absolute atomic E-state index is 0.106. The first-order valence-corrected chi connectivity index (χ1v) is 9.71. The van der Waals surface area contributed by atoms with Gasteiger partial charge >= 0.3 is 6.09 Å². The van der Waals surface area contributed by atoms with Gasteiger partial charge in [-0.25, -0.2) is 4.79 Å². The van der Waals surface area contributed by atoms with Crippen molar-refractivity contribution in [2.24, 2.45) is 0 Å². The van der Waals surface area contributed by atoms with E-state index in [-0.39, 0.29) is 12.3 Å². The first-order valence-electron chi connectivity index (χ1n) is 9.33. The van der Waals surface area contributed by atoms with Gasteiger partial charge in [0.05, 0.1) is 12.6 Å². The highest BCUT2D eigenvalue weighted by molar-refractivity contribution is 6.30. The van der Waals surface area contributed by atoms with E-state index in [1.54, 1.807) is 42.5 Å². The predicted octanol–water partition coefficient (Wildman–Crippen LogP) is 4.95. The Balaban J connectivity index is 2.04. The number of carbonyl (C=O) groups excluding carboxylic acids is 1. The van der Waals surface area contributed by atoms with Gasteiger partial charge in [-0.15, -0.1) is 0 Å². The van der Waals surface area contributed by atoms with Crippen LogP contribution in [0.2, 0.25) is 5.02 Å². The van der Waals surface area contributed by atoms with Crippen LogP contribution in [0.4, 0.5) is 4.79 Å². The van der Waals surface area contributed by atoms with Crippen LogP contribution in [0.1, 0.15) is 44.4 Å². The Labute approximate surface area is 171 Å². The molecule has 0 aliphatic carbocycles. The highest BCUT2D eigenvalue weighted by atomic mass is 35.5. The number of nitrogens with zero attached hydrogens (tertiary/aromatic N) is 1. The van der Waals surface area contributed by atoms with Crippen molar-refractivity contribution in [2.75, 3.05) is 13.1 Å². The molecule has 5 nitrogen and oxygen atoms in total. The van der Waals surface area contributed by atoms with Crippen LogP contribution in [0.5, 0.6) is 5.75 Å². The molecule has 1 amide bonds. The highest BCUT2D eigenvalue weighted by Crippen LogP contribution is 2.21. The maximum atomic E-state index is 12.6. The summed E-state index contributed by atoms with van der Waals surface area (Å²) in [4.78, 5) is 14.1. The highest BCUT2D eigenvalue weighted by Gasteiger charge is 2.24. The molecule has 2 N–H and O–H groups in total. The number of phenols is 1. The van der Waals surface area contributed by atoms with E-state index >= 15 is 0 Å². The molecule has 1 unspecified atom stereocenters. The lowest BCUT2D eigenvalue weighted by Gasteiger charge is -2.29. The maximum absolute atomic E-state index is 12.6. The Morgan fingerprint density at radius 1 is 1.18 bits per heavy atom. The quantitative estimate of drug-likeness (QED) is 0.683. The zero-order valence-corrected chi connectivity index (χ0v) is 17.3. The smallest absolute Gasteiger partial charge is 0.410 e. The van der Waals surface area contributed by atoms with Crippen molar-refractivity contribution < 1.29 is 19.7 Å². The first kappa shape index (κ1) is 22.1. The molecule has 152 valence electrons. The van der Waals surface area contributed by atoms with Crippen LogP contribution in [-0.2, 0) is 11.2 Å². The fraction of sp³-hybridized carbons (Fsp3) is 0.409. The molecule has 0 aromatic heterocycles. The largest absolute Gasteiger partial charge is 0.508 e. The Morgan fingerprint density at radius 3 is 2.54 bits per heavy atom. The molecular formula is C22H28ClNO4. The van der Waals surface area contributed by atoms with Crippen LogP contribution in [0.15, 0.2) is 48.5 Å². The van der Waals surface area contributed by atoms with Crippen molar-refractivity contribution in [3.8, 4) is 5.75 Å². The SMILES string of the molecule is CC(C)(C)OC(=O)N(CCCc1cccc(O)c1)CC(O)c1cccc(Cl)c1. The molecule has 0 spiro atoms. The first-order chi connectivity index (χ1) is 13.1. The number of benzene rings is 2. The van der Waals surface area contributed by atoms with Gasteiger partial charge in [0.25, 0.3) is 0 Å². The number of hydrogen-bond acceptors (Lipinski definition) is 4. The average molecular weight is 406 g/mol. The molecular weight excluding hydrogens is 378 g/mol. The number of carbonyl (C=O) groups is 1. The van der Waals surface area contributed by atoms with E-state index in [0.29, 0.717) is 30.0 Å². The zero-order valence-electron chi connectivity index (χ0n) is 16.6. The van der Waals surface area contributed by atoms with Crippen LogP contribution in [-0.4, -0.2) is 39.9 Å². The van der Waals surface area contributed by atoms with Crippen LogP contribution < -0.4 is 0 Å². The Kier molecular flexibility index (Phi) is 7.72. The average Bonchev–Trinajstić information content (AvgIpc) is 2.59. The summed E-state index contributed by atoms with van der Waals surface area (Å²) in [5.41, 5.74) is 1.01. The lowest BCUT2D eigenvalue weighted by molar-refractivity contribution is 0.0142. The fourth-order valence-electron chi connectivity index (χ4n) is 2.80. The van der Waals surface area contributed by atoms with Crippen molar-refractivity contribution >= 4 is 17.7 Å². The molecule has 0 fully saturated rings. The van der Waals surface area contributed by atoms with Gasteiger partial charge < -0.3 is 19.8 Å². The fourth-order valence-corrected chi connectivity index (χ4v) is 3.00. The van der Waals surface area contributed by atoms with Crippen molar-refractivity contribution in [2.45, 2.75) is 45.3 Å².